The first kappa shape index (κ1) is 21.1. The molecule has 0 saturated carbocycles. The molecule has 1 heterocycles. The Morgan fingerprint density at radius 3 is 2.29 bits per heavy atom. The van der Waals surface area contributed by atoms with Crippen LogP contribution in [-0.4, -0.2) is 55.8 Å². The summed E-state index contributed by atoms with van der Waals surface area (Å²) in [7, 11) is -3.51. The molecule has 2 aromatic carbocycles. The highest BCUT2D eigenvalue weighted by molar-refractivity contribution is 7.89. The average molecular weight is 442 g/mol. The lowest BCUT2D eigenvalue weighted by Gasteiger charge is -2.36. The molecular formula is C19H21Cl2N3O3S. The number of piperazine rings is 1. The van der Waals surface area contributed by atoms with Crippen LogP contribution in [0.15, 0.2) is 53.4 Å². The van der Waals surface area contributed by atoms with Gasteiger partial charge in [0, 0.05) is 31.2 Å². The second-order valence-corrected chi connectivity index (χ2v) is 9.32. The lowest BCUT2D eigenvalue weighted by Crippen LogP contribution is -2.53. The Balaban J connectivity index is 1.60. The lowest BCUT2D eigenvalue weighted by molar-refractivity contribution is -0.121. The number of carbonyl (C=O) groups excluding carboxylic acids is 1. The molecule has 28 heavy (non-hydrogen) atoms. The minimum absolute atomic E-state index is 0.205. The van der Waals surface area contributed by atoms with E-state index < -0.39 is 16.1 Å². The summed E-state index contributed by atoms with van der Waals surface area (Å²) in [6.45, 7) is 3.39. The predicted molar refractivity (Wildman–Crippen MR) is 111 cm³/mol. The number of nitrogens with one attached hydrogen (secondary N) is 1. The van der Waals surface area contributed by atoms with E-state index in [0.717, 1.165) is 0 Å². The number of hydrogen-bond donors (Lipinski definition) is 1. The minimum atomic E-state index is -3.51. The summed E-state index contributed by atoms with van der Waals surface area (Å²) in [5, 5.41) is 3.66. The maximum atomic E-state index is 12.7. The van der Waals surface area contributed by atoms with Crippen LogP contribution in [0.25, 0.3) is 0 Å². The Morgan fingerprint density at radius 2 is 1.68 bits per heavy atom. The van der Waals surface area contributed by atoms with Gasteiger partial charge < -0.3 is 5.32 Å². The van der Waals surface area contributed by atoms with Crippen LogP contribution in [0.5, 0.6) is 0 Å². The second kappa shape index (κ2) is 8.80. The maximum absolute atomic E-state index is 12.7. The molecule has 1 amide bonds. The molecule has 0 aliphatic carbocycles. The quantitative estimate of drug-likeness (QED) is 0.772. The van der Waals surface area contributed by atoms with Crippen molar-refractivity contribution >= 4 is 44.8 Å². The fourth-order valence-electron chi connectivity index (χ4n) is 3.07. The smallest absolute Gasteiger partial charge is 0.243 e. The van der Waals surface area contributed by atoms with E-state index in [1.165, 1.54) is 4.31 Å². The fourth-order valence-corrected chi connectivity index (χ4v) is 4.97. The van der Waals surface area contributed by atoms with Gasteiger partial charge in [0.25, 0.3) is 0 Å². The molecule has 9 heteroatoms. The van der Waals surface area contributed by atoms with E-state index in [4.69, 9.17) is 23.2 Å². The van der Waals surface area contributed by atoms with Crippen LogP contribution in [-0.2, 0) is 14.8 Å². The van der Waals surface area contributed by atoms with E-state index in [1.54, 1.807) is 55.5 Å². The van der Waals surface area contributed by atoms with Crippen LogP contribution >= 0.6 is 23.2 Å². The first-order valence-electron chi connectivity index (χ1n) is 8.84. The van der Waals surface area contributed by atoms with Crippen molar-refractivity contribution in [3.8, 4) is 0 Å². The third-order valence-corrected chi connectivity index (χ3v) is 7.23. The van der Waals surface area contributed by atoms with Gasteiger partial charge in [-0.25, -0.2) is 8.42 Å². The van der Waals surface area contributed by atoms with E-state index in [0.29, 0.717) is 41.9 Å². The first-order valence-corrected chi connectivity index (χ1v) is 11.0. The molecule has 0 radical (unpaired) electrons. The van der Waals surface area contributed by atoms with E-state index in [2.05, 4.69) is 5.32 Å². The highest BCUT2D eigenvalue weighted by atomic mass is 35.5. The molecule has 1 aliphatic rings. The molecule has 0 unspecified atom stereocenters. The minimum Gasteiger partial charge on any atom is -0.323 e. The standard InChI is InChI=1S/C19H21Cl2N3O3S/c1-14(19(25)22-18-8-7-15(20)13-17(18)21)23-9-11-24(12-10-23)28(26,27)16-5-3-2-4-6-16/h2-8,13-14H,9-12H2,1H3,(H,22,25)/t14-/m0/s1. The molecule has 1 fully saturated rings. The zero-order valence-corrected chi connectivity index (χ0v) is 17.6. The number of nitrogens with zero attached hydrogens (tertiary/aromatic N) is 2. The molecule has 1 atom stereocenters. The summed E-state index contributed by atoms with van der Waals surface area (Å²) < 4.78 is 26.9. The number of sulfonamides is 1. The topological polar surface area (TPSA) is 69.7 Å². The fraction of sp³-hybridized carbons (Fsp3) is 0.316. The van der Waals surface area contributed by atoms with Crippen molar-refractivity contribution in [2.45, 2.75) is 17.9 Å². The third kappa shape index (κ3) is 4.67. The monoisotopic (exact) mass is 441 g/mol. The molecule has 0 bridgehead atoms. The average Bonchev–Trinajstić information content (AvgIpc) is 2.70. The van der Waals surface area contributed by atoms with E-state index >= 15 is 0 Å². The molecule has 6 nitrogen and oxygen atoms in total. The Labute approximate surface area is 175 Å². The number of halogens is 2. The first-order chi connectivity index (χ1) is 13.3. The number of anilines is 1. The van der Waals surface area contributed by atoms with Crippen molar-refractivity contribution in [2.75, 3.05) is 31.5 Å². The summed E-state index contributed by atoms with van der Waals surface area (Å²) in [4.78, 5) is 14.8. The number of benzene rings is 2. The van der Waals surface area contributed by atoms with Crippen molar-refractivity contribution in [1.29, 1.82) is 0 Å². The zero-order valence-electron chi connectivity index (χ0n) is 15.3. The molecule has 1 N–H and O–H groups in total. The molecular weight excluding hydrogens is 421 g/mol. The SMILES string of the molecule is C[C@@H](C(=O)Nc1ccc(Cl)cc1Cl)N1CCN(S(=O)(=O)c2ccccc2)CC1. The summed E-state index contributed by atoms with van der Waals surface area (Å²) in [5.41, 5.74) is 0.494. The number of rotatable bonds is 5. The summed E-state index contributed by atoms with van der Waals surface area (Å²) in [6.07, 6.45) is 0. The van der Waals surface area contributed by atoms with Crippen LogP contribution in [0.3, 0.4) is 0 Å². The molecule has 150 valence electrons. The van der Waals surface area contributed by atoms with Gasteiger partial charge in [-0.05, 0) is 37.3 Å². The molecule has 0 aromatic heterocycles. The maximum Gasteiger partial charge on any atom is 0.243 e. The highest BCUT2D eigenvalue weighted by Crippen LogP contribution is 2.26. The lowest BCUT2D eigenvalue weighted by atomic mass is 10.2. The van der Waals surface area contributed by atoms with Gasteiger partial charge in [0.2, 0.25) is 15.9 Å². The summed E-state index contributed by atoms with van der Waals surface area (Å²) >= 11 is 12.0. The Morgan fingerprint density at radius 1 is 1.04 bits per heavy atom. The number of hydrogen-bond acceptors (Lipinski definition) is 4. The van der Waals surface area contributed by atoms with Crippen molar-refractivity contribution in [1.82, 2.24) is 9.21 Å². The van der Waals surface area contributed by atoms with Crippen LogP contribution in [0.1, 0.15) is 6.92 Å². The third-order valence-electron chi connectivity index (χ3n) is 4.77. The summed E-state index contributed by atoms with van der Waals surface area (Å²) in [5.74, 6) is -0.205. The van der Waals surface area contributed by atoms with Crippen molar-refractivity contribution in [3.63, 3.8) is 0 Å². The van der Waals surface area contributed by atoms with Gasteiger partial charge in [-0.15, -0.1) is 0 Å². The Kier molecular flexibility index (Phi) is 6.62. The van der Waals surface area contributed by atoms with Gasteiger partial charge in [0.05, 0.1) is 21.6 Å². The van der Waals surface area contributed by atoms with Gasteiger partial charge in [-0.3, -0.25) is 9.69 Å². The van der Waals surface area contributed by atoms with Crippen LogP contribution in [0.4, 0.5) is 5.69 Å². The number of amides is 1. The van der Waals surface area contributed by atoms with E-state index in [9.17, 15) is 13.2 Å². The van der Waals surface area contributed by atoms with Crippen LogP contribution in [0.2, 0.25) is 10.0 Å². The molecule has 1 saturated heterocycles. The molecule has 2 aromatic rings. The predicted octanol–water partition coefficient (Wildman–Crippen LogP) is 3.33. The van der Waals surface area contributed by atoms with E-state index in [-0.39, 0.29) is 10.8 Å². The molecule has 3 rings (SSSR count). The van der Waals surface area contributed by atoms with Crippen molar-refractivity contribution in [2.24, 2.45) is 0 Å². The van der Waals surface area contributed by atoms with Crippen molar-refractivity contribution < 1.29 is 13.2 Å². The van der Waals surface area contributed by atoms with Crippen LogP contribution in [0, 0.1) is 0 Å². The second-order valence-electron chi connectivity index (χ2n) is 6.54. The Bertz CT molecular complexity index is 946. The van der Waals surface area contributed by atoms with Gasteiger partial charge in [0.15, 0.2) is 0 Å². The molecule has 1 aliphatic heterocycles. The largest absolute Gasteiger partial charge is 0.323 e. The van der Waals surface area contributed by atoms with E-state index in [1.807, 2.05) is 4.90 Å². The van der Waals surface area contributed by atoms with Gasteiger partial charge in [-0.1, -0.05) is 41.4 Å². The zero-order chi connectivity index (χ0) is 20.3. The Hall–Kier alpha value is -1.64. The van der Waals surface area contributed by atoms with Crippen LogP contribution < -0.4 is 5.32 Å². The summed E-state index contributed by atoms with van der Waals surface area (Å²) in [6, 6.07) is 12.8. The van der Waals surface area contributed by atoms with Gasteiger partial charge in [0.1, 0.15) is 0 Å². The van der Waals surface area contributed by atoms with Gasteiger partial charge >= 0.3 is 0 Å². The van der Waals surface area contributed by atoms with Crippen molar-refractivity contribution in [3.05, 3.63) is 58.6 Å². The highest BCUT2D eigenvalue weighted by Gasteiger charge is 2.31. The number of carbonyl (C=O) groups is 1. The van der Waals surface area contributed by atoms with Gasteiger partial charge in [-0.2, -0.15) is 4.31 Å². The molecule has 0 spiro atoms. The normalized spacial score (nSPS) is 17.2.